The van der Waals surface area contributed by atoms with Crippen molar-refractivity contribution in [3.8, 4) is 0 Å². The van der Waals surface area contributed by atoms with Crippen LogP contribution in [0.4, 0.5) is 5.69 Å². The molecule has 1 aliphatic rings. The first-order chi connectivity index (χ1) is 16.3. The third-order valence-electron chi connectivity index (χ3n) is 6.25. The number of amides is 1. The lowest BCUT2D eigenvalue weighted by Crippen LogP contribution is -2.40. The highest BCUT2D eigenvalue weighted by atomic mass is 32.2. The van der Waals surface area contributed by atoms with E-state index in [2.05, 4.69) is 0 Å². The van der Waals surface area contributed by atoms with Crippen molar-refractivity contribution in [2.24, 2.45) is 7.05 Å². The number of carbonyl (C=O) groups excluding carboxylic acids is 1. The van der Waals surface area contributed by atoms with Gasteiger partial charge in [0.2, 0.25) is 5.91 Å². The molecule has 0 N–H and O–H groups in total. The Morgan fingerprint density at radius 1 is 1.03 bits per heavy atom. The fraction of sp³-hybridized carbons (Fsp3) is 0.375. The second-order valence-corrected chi connectivity index (χ2v) is 10.2. The maximum Gasteiger partial charge on any atom is 0.331 e. The van der Waals surface area contributed by atoms with Gasteiger partial charge in [0.15, 0.2) is 0 Å². The zero-order valence-electron chi connectivity index (χ0n) is 19.3. The molecule has 9 nitrogen and oxygen atoms in total. The Morgan fingerprint density at radius 2 is 1.71 bits per heavy atom. The van der Waals surface area contributed by atoms with Gasteiger partial charge in [-0.05, 0) is 50.1 Å². The van der Waals surface area contributed by atoms with Crippen molar-refractivity contribution in [3.63, 3.8) is 0 Å². The molecule has 1 aromatic heterocycles. The minimum absolute atomic E-state index is 0.0380. The predicted molar refractivity (Wildman–Crippen MR) is 131 cm³/mol. The number of anilines is 1. The number of benzene rings is 2. The quantitative estimate of drug-likeness (QED) is 0.510. The summed E-state index contributed by atoms with van der Waals surface area (Å²) in [7, 11) is -2.42. The van der Waals surface area contributed by atoms with E-state index in [0.29, 0.717) is 24.3 Å². The number of rotatable bonds is 7. The van der Waals surface area contributed by atoms with E-state index in [9.17, 15) is 22.8 Å². The molecule has 34 heavy (non-hydrogen) atoms. The van der Waals surface area contributed by atoms with E-state index in [-0.39, 0.29) is 35.7 Å². The number of nitrogens with zero attached hydrogens (tertiary/aromatic N) is 4. The van der Waals surface area contributed by atoms with E-state index < -0.39 is 21.3 Å². The summed E-state index contributed by atoms with van der Waals surface area (Å²) in [4.78, 5) is 40.2. The standard InChI is InChI=1S/C24H28N4O5S/c1-3-28(18-9-5-4-6-10-18)34(32,33)19-11-12-21-20(17-19)23(30)27(24(31)25(21)2)16-13-22(29)26-14-7-8-15-26/h4-6,9-12,17H,3,7-8,13-16H2,1-2H3. The summed E-state index contributed by atoms with van der Waals surface area (Å²) in [5.74, 6) is -0.0932. The van der Waals surface area contributed by atoms with Crippen LogP contribution in [0.2, 0.25) is 0 Å². The van der Waals surface area contributed by atoms with Crippen LogP contribution < -0.4 is 15.6 Å². The fourth-order valence-electron chi connectivity index (χ4n) is 4.40. The van der Waals surface area contributed by atoms with Gasteiger partial charge in [-0.1, -0.05) is 18.2 Å². The Bertz CT molecular complexity index is 1440. The van der Waals surface area contributed by atoms with E-state index in [1.54, 1.807) is 42.2 Å². The van der Waals surface area contributed by atoms with Gasteiger partial charge < -0.3 is 4.90 Å². The van der Waals surface area contributed by atoms with Crippen molar-refractivity contribution in [3.05, 3.63) is 69.4 Å². The molecule has 0 saturated carbocycles. The molecule has 0 radical (unpaired) electrons. The first-order valence-electron chi connectivity index (χ1n) is 11.3. The average Bonchev–Trinajstić information content (AvgIpc) is 3.38. The summed E-state index contributed by atoms with van der Waals surface area (Å²) < 4.78 is 30.4. The summed E-state index contributed by atoms with van der Waals surface area (Å²) in [6.45, 7) is 3.28. The monoisotopic (exact) mass is 484 g/mol. The number of hydrogen-bond acceptors (Lipinski definition) is 5. The molecule has 10 heteroatoms. The molecular weight excluding hydrogens is 456 g/mol. The smallest absolute Gasteiger partial charge is 0.331 e. The highest BCUT2D eigenvalue weighted by Gasteiger charge is 2.25. The number of aromatic nitrogens is 2. The number of sulfonamides is 1. The molecule has 2 aromatic carbocycles. The molecule has 1 aliphatic heterocycles. The van der Waals surface area contributed by atoms with Gasteiger partial charge in [-0.25, -0.2) is 13.2 Å². The van der Waals surface area contributed by atoms with Gasteiger partial charge in [0, 0.05) is 39.6 Å². The third-order valence-corrected chi connectivity index (χ3v) is 8.15. The third kappa shape index (κ3) is 4.25. The fourth-order valence-corrected chi connectivity index (χ4v) is 5.90. The number of fused-ring (bicyclic) bond motifs is 1. The van der Waals surface area contributed by atoms with Crippen molar-refractivity contribution in [1.82, 2.24) is 14.0 Å². The maximum absolute atomic E-state index is 13.4. The normalized spacial score (nSPS) is 14.0. The Balaban J connectivity index is 1.75. The van der Waals surface area contributed by atoms with Gasteiger partial charge in [0.1, 0.15) is 0 Å². The van der Waals surface area contributed by atoms with Gasteiger partial charge in [-0.3, -0.25) is 23.0 Å². The second kappa shape index (κ2) is 9.46. The lowest BCUT2D eigenvalue weighted by Gasteiger charge is -2.23. The molecule has 1 saturated heterocycles. The van der Waals surface area contributed by atoms with Crippen LogP contribution in [0.25, 0.3) is 10.9 Å². The van der Waals surface area contributed by atoms with Crippen molar-refractivity contribution >= 4 is 32.5 Å². The number of likely N-dealkylation sites (tertiary alicyclic amines) is 1. The van der Waals surface area contributed by atoms with E-state index >= 15 is 0 Å². The highest BCUT2D eigenvalue weighted by molar-refractivity contribution is 7.92. The zero-order valence-corrected chi connectivity index (χ0v) is 20.1. The Kier molecular flexibility index (Phi) is 6.60. The van der Waals surface area contributed by atoms with Gasteiger partial charge in [-0.2, -0.15) is 0 Å². The van der Waals surface area contributed by atoms with E-state index in [4.69, 9.17) is 0 Å². The van der Waals surface area contributed by atoms with Crippen LogP contribution >= 0.6 is 0 Å². The highest BCUT2D eigenvalue weighted by Crippen LogP contribution is 2.24. The van der Waals surface area contributed by atoms with Crippen LogP contribution in [0.15, 0.2) is 63.0 Å². The van der Waals surface area contributed by atoms with Crippen LogP contribution in [0, 0.1) is 0 Å². The van der Waals surface area contributed by atoms with Gasteiger partial charge in [0.05, 0.1) is 21.5 Å². The molecule has 0 aliphatic carbocycles. The summed E-state index contributed by atoms with van der Waals surface area (Å²) in [5, 5.41) is 0.112. The molecule has 1 fully saturated rings. The lowest BCUT2D eigenvalue weighted by atomic mass is 10.2. The van der Waals surface area contributed by atoms with E-state index in [0.717, 1.165) is 17.4 Å². The van der Waals surface area contributed by atoms with E-state index in [1.807, 2.05) is 0 Å². The van der Waals surface area contributed by atoms with Crippen LogP contribution in [0.3, 0.4) is 0 Å². The molecule has 0 bridgehead atoms. The Morgan fingerprint density at radius 3 is 2.35 bits per heavy atom. The van der Waals surface area contributed by atoms with Gasteiger partial charge in [-0.15, -0.1) is 0 Å². The minimum atomic E-state index is -3.95. The van der Waals surface area contributed by atoms with Crippen molar-refractivity contribution in [2.45, 2.75) is 37.6 Å². The van der Waals surface area contributed by atoms with Crippen LogP contribution in [0.5, 0.6) is 0 Å². The molecular formula is C24H28N4O5S. The molecule has 1 amide bonds. The average molecular weight is 485 g/mol. The van der Waals surface area contributed by atoms with Gasteiger partial charge >= 0.3 is 5.69 Å². The second-order valence-electron chi connectivity index (χ2n) is 8.32. The first-order valence-corrected chi connectivity index (χ1v) is 12.8. The maximum atomic E-state index is 13.4. The Labute approximate surface area is 197 Å². The molecule has 4 rings (SSSR count). The molecule has 3 aromatic rings. The predicted octanol–water partition coefficient (Wildman–Crippen LogP) is 1.93. The van der Waals surface area contributed by atoms with Crippen molar-refractivity contribution in [2.75, 3.05) is 23.9 Å². The van der Waals surface area contributed by atoms with Gasteiger partial charge in [0.25, 0.3) is 15.6 Å². The molecule has 0 unspecified atom stereocenters. The van der Waals surface area contributed by atoms with Crippen LogP contribution in [-0.4, -0.2) is 48.0 Å². The molecule has 0 spiro atoms. The minimum Gasteiger partial charge on any atom is -0.343 e. The number of para-hydroxylation sites is 1. The largest absolute Gasteiger partial charge is 0.343 e. The summed E-state index contributed by atoms with van der Waals surface area (Å²) in [6.07, 6.45) is 1.95. The van der Waals surface area contributed by atoms with Crippen LogP contribution in [-0.2, 0) is 28.4 Å². The number of carbonyl (C=O) groups is 1. The van der Waals surface area contributed by atoms with E-state index in [1.165, 1.54) is 34.1 Å². The zero-order chi connectivity index (χ0) is 24.5. The van der Waals surface area contributed by atoms with Crippen LogP contribution in [0.1, 0.15) is 26.2 Å². The number of aryl methyl sites for hydroxylation is 1. The molecule has 0 atom stereocenters. The lowest BCUT2D eigenvalue weighted by molar-refractivity contribution is -0.130. The molecule has 180 valence electrons. The Hall–Kier alpha value is -3.40. The first kappa shape index (κ1) is 23.7. The topological polar surface area (TPSA) is 102 Å². The van der Waals surface area contributed by atoms with Crippen molar-refractivity contribution in [1.29, 1.82) is 0 Å². The summed E-state index contributed by atoms with van der Waals surface area (Å²) in [5.41, 5.74) is -0.295. The summed E-state index contributed by atoms with van der Waals surface area (Å²) >= 11 is 0. The summed E-state index contributed by atoms with van der Waals surface area (Å²) in [6, 6.07) is 12.9. The SMILES string of the molecule is CCN(c1ccccc1)S(=O)(=O)c1ccc2c(c1)c(=O)n(CCC(=O)N1CCCC1)c(=O)n2C. The van der Waals surface area contributed by atoms with Crippen molar-refractivity contribution < 1.29 is 13.2 Å². The molecule has 2 heterocycles. The number of hydrogen-bond donors (Lipinski definition) is 0.